The molecule has 0 fully saturated rings. The smallest absolute Gasteiger partial charge is 0.255 e. The molecule has 0 radical (unpaired) electrons. The maximum absolute atomic E-state index is 12.5. The lowest BCUT2D eigenvalue weighted by atomic mass is 9.90. The standard InChI is InChI=1S/C17H22N2O/c1-17(2,3)14-11-10-13(16(20)19(14)4)15(18)12-8-6-5-7-9-12/h5-11,15H,18H2,1-4H3. The minimum atomic E-state index is -0.385. The summed E-state index contributed by atoms with van der Waals surface area (Å²) in [5.41, 5.74) is 8.74. The molecule has 3 nitrogen and oxygen atoms in total. The third-order valence-corrected chi connectivity index (χ3v) is 3.60. The van der Waals surface area contributed by atoms with Crippen LogP contribution in [-0.2, 0) is 12.5 Å². The van der Waals surface area contributed by atoms with Gasteiger partial charge in [0.25, 0.3) is 5.56 Å². The van der Waals surface area contributed by atoms with Crippen LogP contribution in [0.4, 0.5) is 0 Å². The molecule has 0 spiro atoms. The van der Waals surface area contributed by atoms with E-state index < -0.39 is 0 Å². The number of benzene rings is 1. The Morgan fingerprint density at radius 2 is 1.65 bits per heavy atom. The summed E-state index contributed by atoms with van der Waals surface area (Å²) in [5.74, 6) is 0. The summed E-state index contributed by atoms with van der Waals surface area (Å²) in [7, 11) is 1.81. The highest BCUT2D eigenvalue weighted by Crippen LogP contribution is 2.22. The Morgan fingerprint density at radius 1 is 1.05 bits per heavy atom. The van der Waals surface area contributed by atoms with Crippen molar-refractivity contribution in [1.29, 1.82) is 0 Å². The zero-order valence-electron chi connectivity index (χ0n) is 12.6. The molecule has 1 unspecified atom stereocenters. The first kappa shape index (κ1) is 14.5. The Hall–Kier alpha value is -1.87. The maximum atomic E-state index is 12.5. The first-order chi connectivity index (χ1) is 9.32. The molecule has 2 rings (SSSR count). The van der Waals surface area contributed by atoms with E-state index in [2.05, 4.69) is 20.8 Å². The van der Waals surface area contributed by atoms with Crippen LogP contribution in [0.3, 0.4) is 0 Å². The number of aromatic nitrogens is 1. The second-order valence-corrected chi connectivity index (χ2v) is 6.18. The average molecular weight is 270 g/mol. The highest BCUT2D eigenvalue weighted by Gasteiger charge is 2.20. The second-order valence-electron chi connectivity index (χ2n) is 6.18. The number of hydrogen-bond donors (Lipinski definition) is 1. The molecule has 0 saturated heterocycles. The highest BCUT2D eigenvalue weighted by molar-refractivity contribution is 5.31. The third-order valence-electron chi connectivity index (χ3n) is 3.60. The summed E-state index contributed by atoms with van der Waals surface area (Å²) in [5, 5.41) is 0. The van der Waals surface area contributed by atoms with E-state index in [0.717, 1.165) is 11.3 Å². The van der Waals surface area contributed by atoms with Crippen LogP contribution >= 0.6 is 0 Å². The number of hydrogen-bond acceptors (Lipinski definition) is 2. The van der Waals surface area contributed by atoms with Crippen LogP contribution in [-0.4, -0.2) is 4.57 Å². The minimum absolute atomic E-state index is 0.0196. The Morgan fingerprint density at radius 3 is 2.20 bits per heavy atom. The number of pyridine rings is 1. The van der Waals surface area contributed by atoms with Gasteiger partial charge in [-0.2, -0.15) is 0 Å². The largest absolute Gasteiger partial charge is 0.320 e. The molecule has 106 valence electrons. The molecule has 0 amide bonds. The summed E-state index contributed by atoms with van der Waals surface area (Å²) in [6, 6.07) is 13.2. The Kier molecular flexibility index (Phi) is 3.82. The summed E-state index contributed by atoms with van der Waals surface area (Å²) in [6.45, 7) is 6.29. The van der Waals surface area contributed by atoms with Crippen molar-refractivity contribution in [2.75, 3.05) is 0 Å². The van der Waals surface area contributed by atoms with Crippen molar-refractivity contribution in [2.45, 2.75) is 32.2 Å². The van der Waals surface area contributed by atoms with E-state index in [-0.39, 0.29) is 17.0 Å². The van der Waals surface area contributed by atoms with Gasteiger partial charge < -0.3 is 10.3 Å². The molecule has 1 aromatic heterocycles. The Balaban J connectivity index is 2.51. The van der Waals surface area contributed by atoms with Gasteiger partial charge in [0.15, 0.2) is 0 Å². The van der Waals surface area contributed by atoms with Crippen molar-refractivity contribution in [3.63, 3.8) is 0 Å². The average Bonchev–Trinajstić information content (AvgIpc) is 2.40. The van der Waals surface area contributed by atoms with Crippen molar-refractivity contribution in [2.24, 2.45) is 12.8 Å². The molecular weight excluding hydrogens is 248 g/mol. The van der Waals surface area contributed by atoms with Crippen LogP contribution in [0, 0.1) is 0 Å². The summed E-state index contributed by atoms with van der Waals surface area (Å²) < 4.78 is 1.71. The van der Waals surface area contributed by atoms with Gasteiger partial charge in [0, 0.05) is 23.7 Å². The monoisotopic (exact) mass is 270 g/mol. The molecule has 20 heavy (non-hydrogen) atoms. The SMILES string of the molecule is Cn1c(C(C)(C)C)ccc(C(N)c2ccccc2)c1=O. The lowest BCUT2D eigenvalue weighted by Gasteiger charge is -2.23. The first-order valence-corrected chi connectivity index (χ1v) is 6.83. The van der Waals surface area contributed by atoms with E-state index in [1.165, 1.54) is 0 Å². The molecule has 2 aromatic rings. The zero-order chi connectivity index (χ0) is 14.9. The van der Waals surface area contributed by atoms with Gasteiger partial charge in [-0.25, -0.2) is 0 Å². The highest BCUT2D eigenvalue weighted by atomic mass is 16.1. The van der Waals surface area contributed by atoms with E-state index in [9.17, 15) is 4.79 Å². The molecule has 0 aliphatic carbocycles. The van der Waals surface area contributed by atoms with Gasteiger partial charge >= 0.3 is 0 Å². The minimum Gasteiger partial charge on any atom is -0.320 e. The number of nitrogens with two attached hydrogens (primary N) is 1. The second kappa shape index (κ2) is 5.25. The van der Waals surface area contributed by atoms with Gasteiger partial charge in [0.05, 0.1) is 6.04 Å². The van der Waals surface area contributed by atoms with E-state index in [0.29, 0.717) is 5.56 Å². The van der Waals surface area contributed by atoms with Gasteiger partial charge in [-0.1, -0.05) is 51.1 Å². The van der Waals surface area contributed by atoms with Crippen LogP contribution in [0.1, 0.15) is 43.6 Å². The van der Waals surface area contributed by atoms with Crippen molar-refractivity contribution in [3.05, 3.63) is 69.6 Å². The van der Waals surface area contributed by atoms with Crippen molar-refractivity contribution >= 4 is 0 Å². The van der Waals surface area contributed by atoms with Gasteiger partial charge in [0.2, 0.25) is 0 Å². The van der Waals surface area contributed by atoms with E-state index in [1.54, 1.807) is 4.57 Å². The van der Waals surface area contributed by atoms with Crippen LogP contribution in [0.25, 0.3) is 0 Å². The predicted molar refractivity (Wildman–Crippen MR) is 82.9 cm³/mol. The normalized spacial score (nSPS) is 13.2. The van der Waals surface area contributed by atoms with Crippen molar-refractivity contribution in [1.82, 2.24) is 4.57 Å². The molecule has 3 heteroatoms. The molecular formula is C17H22N2O. The molecule has 0 saturated carbocycles. The lowest BCUT2D eigenvalue weighted by Crippen LogP contribution is -2.32. The fourth-order valence-electron chi connectivity index (χ4n) is 2.48. The van der Waals surface area contributed by atoms with E-state index in [4.69, 9.17) is 5.73 Å². The van der Waals surface area contributed by atoms with Crippen LogP contribution in [0.5, 0.6) is 0 Å². The predicted octanol–water partition coefficient (Wildman–Crippen LogP) is 2.73. The Labute approximate surface area is 120 Å². The van der Waals surface area contributed by atoms with E-state index in [1.807, 2.05) is 49.5 Å². The molecule has 1 atom stereocenters. The molecule has 0 aliphatic rings. The summed E-state index contributed by atoms with van der Waals surface area (Å²) in [4.78, 5) is 12.5. The molecule has 1 heterocycles. The summed E-state index contributed by atoms with van der Waals surface area (Å²) in [6.07, 6.45) is 0. The number of nitrogens with zero attached hydrogens (tertiary/aromatic N) is 1. The van der Waals surface area contributed by atoms with Crippen molar-refractivity contribution in [3.8, 4) is 0 Å². The topological polar surface area (TPSA) is 48.0 Å². The molecule has 0 aliphatic heterocycles. The number of rotatable bonds is 2. The first-order valence-electron chi connectivity index (χ1n) is 6.83. The lowest BCUT2D eigenvalue weighted by molar-refractivity contribution is 0.528. The van der Waals surface area contributed by atoms with Gasteiger partial charge in [0.1, 0.15) is 0 Å². The maximum Gasteiger partial charge on any atom is 0.255 e. The quantitative estimate of drug-likeness (QED) is 0.912. The molecule has 2 N–H and O–H groups in total. The summed E-state index contributed by atoms with van der Waals surface area (Å²) >= 11 is 0. The fraction of sp³-hybridized carbons (Fsp3) is 0.353. The Bertz CT molecular complexity index is 651. The van der Waals surface area contributed by atoms with Gasteiger partial charge in [-0.3, -0.25) is 4.79 Å². The van der Waals surface area contributed by atoms with Gasteiger partial charge in [-0.15, -0.1) is 0 Å². The van der Waals surface area contributed by atoms with Crippen LogP contribution in [0.2, 0.25) is 0 Å². The zero-order valence-corrected chi connectivity index (χ0v) is 12.6. The third kappa shape index (κ3) is 2.68. The van der Waals surface area contributed by atoms with Crippen LogP contribution < -0.4 is 11.3 Å². The van der Waals surface area contributed by atoms with Crippen molar-refractivity contribution < 1.29 is 0 Å². The van der Waals surface area contributed by atoms with Crippen LogP contribution in [0.15, 0.2) is 47.3 Å². The van der Waals surface area contributed by atoms with E-state index >= 15 is 0 Å². The fourth-order valence-corrected chi connectivity index (χ4v) is 2.48. The molecule has 1 aromatic carbocycles. The molecule has 0 bridgehead atoms. The van der Waals surface area contributed by atoms with Gasteiger partial charge in [-0.05, 0) is 17.7 Å².